The van der Waals surface area contributed by atoms with Crippen molar-refractivity contribution in [1.82, 2.24) is 4.90 Å². The molecule has 3 saturated carbocycles. The van der Waals surface area contributed by atoms with E-state index in [9.17, 15) is 24.6 Å². The van der Waals surface area contributed by atoms with E-state index in [-0.39, 0.29) is 31.1 Å². The van der Waals surface area contributed by atoms with Crippen LogP contribution in [0.3, 0.4) is 0 Å². The Bertz CT molecular complexity index is 1270. The molecule has 0 aromatic heterocycles. The monoisotopic (exact) mass is 470 g/mol. The van der Waals surface area contributed by atoms with Crippen molar-refractivity contribution in [2.45, 2.75) is 60.5 Å². The fourth-order valence-electron chi connectivity index (χ4n) is 9.14. The summed E-state index contributed by atoms with van der Waals surface area (Å²) >= 11 is 0. The molecule has 6 fully saturated rings. The lowest BCUT2D eigenvalue weighted by atomic mass is 9.34. The van der Waals surface area contributed by atoms with E-state index in [2.05, 4.69) is 0 Å². The number of amides is 2. The van der Waals surface area contributed by atoms with Crippen LogP contribution in [0.5, 0.6) is 11.5 Å². The average molecular weight is 470 g/mol. The molecule has 3 spiro atoms. The van der Waals surface area contributed by atoms with Crippen LogP contribution in [-0.4, -0.2) is 76.5 Å². The number of hydrogen-bond donors (Lipinski definition) is 2. The Kier molecular flexibility index (Phi) is 2.91. The van der Waals surface area contributed by atoms with Gasteiger partial charge in [-0.1, -0.05) is 6.07 Å². The van der Waals surface area contributed by atoms with Gasteiger partial charge in [0, 0.05) is 12.0 Å². The maximum absolute atomic E-state index is 13.8. The molecule has 9 rings (SSSR count). The SMILES string of the molecule is COC(=O)N1c2c(ccc3c2OCO3)[C@@]23[C@@H]4OC(=O)[C@@]5(O)C[C@]6(CCCN(C4=O)[C@@]62O)CC[C@@]135. The normalized spacial score (nSPS) is 45.8. The second-order valence-corrected chi connectivity index (χ2v) is 10.5. The number of benzene rings is 1. The summed E-state index contributed by atoms with van der Waals surface area (Å²) in [6.45, 7) is 0.211. The molecule has 3 aliphatic carbocycles. The Hall–Kier alpha value is -3.05. The molecule has 1 aromatic carbocycles. The summed E-state index contributed by atoms with van der Waals surface area (Å²) in [5, 5.41) is 25.1. The van der Waals surface area contributed by atoms with Gasteiger partial charge >= 0.3 is 12.1 Å². The van der Waals surface area contributed by atoms with Crippen molar-refractivity contribution in [3.63, 3.8) is 0 Å². The Morgan fingerprint density at radius 2 is 2.00 bits per heavy atom. The topological polar surface area (TPSA) is 135 Å². The van der Waals surface area contributed by atoms with Gasteiger partial charge in [0.2, 0.25) is 6.79 Å². The van der Waals surface area contributed by atoms with Crippen molar-refractivity contribution in [3.05, 3.63) is 17.7 Å². The largest absolute Gasteiger partial charge is 0.454 e. The van der Waals surface area contributed by atoms with Gasteiger partial charge in [-0.3, -0.25) is 9.69 Å². The summed E-state index contributed by atoms with van der Waals surface area (Å²) in [5.74, 6) is -0.830. The highest BCUT2D eigenvalue weighted by Gasteiger charge is 2.98. The Balaban J connectivity index is 1.60. The minimum Gasteiger partial charge on any atom is -0.454 e. The van der Waals surface area contributed by atoms with Gasteiger partial charge in [-0.2, -0.15) is 0 Å². The molecule has 34 heavy (non-hydrogen) atoms. The number of fused-ring (bicyclic) bond motifs is 4. The van der Waals surface area contributed by atoms with E-state index in [1.165, 1.54) is 16.9 Å². The highest BCUT2D eigenvalue weighted by Crippen LogP contribution is 2.82. The van der Waals surface area contributed by atoms with Crippen molar-refractivity contribution < 1.29 is 43.5 Å². The Labute approximate surface area is 193 Å². The molecule has 0 unspecified atom stereocenters. The molecular weight excluding hydrogens is 448 g/mol. The van der Waals surface area contributed by atoms with Crippen LogP contribution in [0, 0.1) is 5.41 Å². The number of methoxy groups -OCH3 is 1. The lowest BCUT2D eigenvalue weighted by molar-refractivity contribution is -0.346. The van der Waals surface area contributed by atoms with E-state index in [1.807, 2.05) is 0 Å². The summed E-state index contributed by atoms with van der Waals surface area (Å²) in [6, 6.07) is 3.36. The molecule has 5 aliphatic heterocycles. The molecule has 11 heteroatoms. The third kappa shape index (κ3) is 1.38. The highest BCUT2D eigenvalue weighted by molar-refractivity contribution is 6.07. The molecule has 178 valence electrons. The third-order valence-electron chi connectivity index (χ3n) is 9.96. The van der Waals surface area contributed by atoms with Crippen LogP contribution in [-0.2, 0) is 24.5 Å². The number of carbonyl (C=O) groups excluding carboxylic acids is 3. The summed E-state index contributed by atoms with van der Waals surface area (Å²) < 4.78 is 22.2. The molecule has 11 nitrogen and oxygen atoms in total. The van der Waals surface area contributed by atoms with E-state index in [0.717, 1.165) is 0 Å². The van der Waals surface area contributed by atoms with Gasteiger partial charge < -0.3 is 34.1 Å². The maximum atomic E-state index is 13.8. The van der Waals surface area contributed by atoms with Crippen LogP contribution in [0.4, 0.5) is 10.5 Å². The van der Waals surface area contributed by atoms with Crippen molar-refractivity contribution in [1.29, 1.82) is 0 Å². The number of aliphatic hydroxyl groups is 2. The van der Waals surface area contributed by atoms with Gasteiger partial charge in [0.05, 0.1) is 12.8 Å². The van der Waals surface area contributed by atoms with Crippen LogP contribution in [0.15, 0.2) is 12.1 Å². The van der Waals surface area contributed by atoms with Crippen LogP contribution in [0.25, 0.3) is 0 Å². The van der Waals surface area contributed by atoms with Crippen LogP contribution < -0.4 is 14.4 Å². The predicted molar refractivity (Wildman–Crippen MR) is 109 cm³/mol. The number of piperidine rings is 1. The third-order valence-corrected chi connectivity index (χ3v) is 9.96. The predicted octanol–water partition coefficient (Wildman–Crippen LogP) is 0.143. The number of ether oxygens (including phenoxy) is 4. The first kappa shape index (κ1) is 19.3. The molecule has 3 saturated heterocycles. The number of rotatable bonds is 0. The highest BCUT2D eigenvalue weighted by atomic mass is 16.7. The second kappa shape index (κ2) is 5.13. The van der Waals surface area contributed by atoms with E-state index in [0.29, 0.717) is 37.1 Å². The standard InChI is InChI=1S/C23H22N2O9/c1-31-18(28)25-13-11(3-4-12-14(13)33-10-32-12)22-15-16(26)24-8-2-5-19(23(22,24)30)6-7-21(22,25)20(29,9-19)17(27)34-15/h3-4,15,29-30H,2,5-10H2,1H3/t15-,19+,20+,21+,22+,23-/m1/s1. The molecule has 1 aromatic rings. The van der Waals surface area contributed by atoms with Gasteiger partial charge in [-0.15, -0.1) is 0 Å². The van der Waals surface area contributed by atoms with E-state index in [4.69, 9.17) is 18.9 Å². The van der Waals surface area contributed by atoms with Crippen molar-refractivity contribution >= 4 is 23.7 Å². The molecular formula is C23H22N2O9. The second-order valence-electron chi connectivity index (χ2n) is 10.5. The van der Waals surface area contributed by atoms with Gasteiger partial charge in [-0.05, 0) is 43.7 Å². The Morgan fingerprint density at radius 3 is 2.79 bits per heavy atom. The lowest BCUT2D eigenvalue weighted by Crippen LogP contribution is -2.93. The van der Waals surface area contributed by atoms with E-state index in [1.54, 1.807) is 12.1 Å². The van der Waals surface area contributed by atoms with Crippen molar-refractivity contribution in [2.24, 2.45) is 5.41 Å². The molecule has 0 radical (unpaired) electrons. The summed E-state index contributed by atoms with van der Waals surface area (Å²) in [6.07, 6.45) is -0.607. The molecule has 5 heterocycles. The number of carbonyl (C=O) groups is 3. The van der Waals surface area contributed by atoms with Gasteiger partial charge in [0.25, 0.3) is 5.91 Å². The molecule has 2 N–H and O–H groups in total. The molecule has 4 bridgehead atoms. The zero-order chi connectivity index (χ0) is 23.5. The number of esters is 1. The fraction of sp³-hybridized carbons (Fsp3) is 0.609. The van der Waals surface area contributed by atoms with Crippen molar-refractivity contribution in [2.75, 3.05) is 25.3 Å². The quantitative estimate of drug-likeness (QED) is 0.508. The summed E-state index contributed by atoms with van der Waals surface area (Å²) in [4.78, 5) is 43.6. The molecule has 2 amide bonds. The Morgan fingerprint density at radius 1 is 1.18 bits per heavy atom. The lowest BCUT2D eigenvalue weighted by Gasteiger charge is -2.75. The van der Waals surface area contributed by atoms with Crippen LogP contribution in [0.1, 0.15) is 37.7 Å². The zero-order valence-corrected chi connectivity index (χ0v) is 18.3. The molecule has 8 aliphatic rings. The first-order valence-electron chi connectivity index (χ1n) is 11.5. The first-order chi connectivity index (χ1) is 16.2. The summed E-state index contributed by atoms with van der Waals surface area (Å²) in [5.41, 5.74) is -7.56. The van der Waals surface area contributed by atoms with Gasteiger partial charge in [0.15, 0.2) is 28.9 Å². The van der Waals surface area contributed by atoms with Crippen molar-refractivity contribution in [3.8, 4) is 11.5 Å². The minimum absolute atomic E-state index is 0.0802. The fourth-order valence-corrected chi connectivity index (χ4v) is 9.14. The number of hydrogen-bond acceptors (Lipinski definition) is 9. The molecule has 6 atom stereocenters. The first-order valence-corrected chi connectivity index (χ1v) is 11.5. The van der Waals surface area contributed by atoms with E-state index >= 15 is 0 Å². The minimum atomic E-state index is -2.17. The average Bonchev–Trinajstić information content (AvgIpc) is 3.45. The van der Waals surface area contributed by atoms with Gasteiger partial charge in [-0.25, -0.2) is 9.59 Å². The van der Waals surface area contributed by atoms with Crippen LogP contribution in [0.2, 0.25) is 0 Å². The van der Waals surface area contributed by atoms with Gasteiger partial charge in [0.1, 0.15) is 11.0 Å². The number of anilines is 1. The maximum Gasteiger partial charge on any atom is 0.414 e. The van der Waals surface area contributed by atoms with Crippen LogP contribution >= 0.6 is 0 Å². The zero-order valence-electron chi connectivity index (χ0n) is 18.3. The smallest absolute Gasteiger partial charge is 0.414 e. The number of nitrogens with zero attached hydrogens (tertiary/aromatic N) is 2. The summed E-state index contributed by atoms with van der Waals surface area (Å²) in [7, 11) is 1.21. The van der Waals surface area contributed by atoms with E-state index < -0.39 is 51.8 Å².